The molecule has 0 radical (unpaired) electrons. The van der Waals surface area contributed by atoms with Gasteiger partial charge in [-0.05, 0) is 53.8 Å². The van der Waals surface area contributed by atoms with Crippen LogP contribution in [-0.2, 0) is 27.1 Å². The minimum Gasteiger partial charge on any atom is -0.465 e. The van der Waals surface area contributed by atoms with Crippen molar-refractivity contribution >= 4 is 29.2 Å². The number of esters is 1. The van der Waals surface area contributed by atoms with Crippen molar-refractivity contribution in [3.63, 3.8) is 0 Å². The highest BCUT2D eigenvalue weighted by Gasteiger charge is 2.18. The lowest BCUT2D eigenvalue weighted by molar-refractivity contribution is -0.115. The second kappa shape index (κ2) is 12.2. The molecule has 1 aliphatic rings. The van der Waals surface area contributed by atoms with Gasteiger partial charge in [0, 0.05) is 24.2 Å². The number of hydrogen-bond donors (Lipinski definition) is 1. The number of ether oxygens (including phenoxy) is 2. The number of anilines is 1. The minimum absolute atomic E-state index is 0.178. The Bertz CT molecular complexity index is 1210. The average Bonchev–Trinajstić information content (AvgIpc) is 2.89. The number of nitrogens with one attached hydrogen (secondary N) is 1. The predicted molar refractivity (Wildman–Crippen MR) is 142 cm³/mol. The lowest BCUT2D eigenvalue weighted by Gasteiger charge is -2.32. The maximum Gasteiger partial charge on any atom is 0.339 e. The maximum absolute atomic E-state index is 12.7. The van der Waals surface area contributed by atoms with Crippen LogP contribution in [0.15, 0.2) is 66.7 Å². The molecule has 0 spiro atoms. The van der Waals surface area contributed by atoms with Crippen LogP contribution in [0.3, 0.4) is 0 Å². The van der Waals surface area contributed by atoms with Crippen LogP contribution >= 0.6 is 11.6 Å². The molecule has 7 heteroatoms. The number of halogens is 1. The normalized spacial score (nSPS) is 14.8. The number of benzene rings is 3. The van der Waals surface area contributed by atoms with Crippen molar-refractivity contribution in [1.82, 2.24) is 4.90 Å². The van der Waals surface area contributed by atoms with E-state index < -0.39 is 5.97 Å². The Labute approximate surface area is 217 Å². The quantitative estimate of drug-likeness (QED) is 0.420. The molecule has 1 N–H and O–H groups in total. The van der Waals surface area contributed by atoms with Crippen molar-refractivity contribution in [2.24, 2.45) is 0 Å². The molecule has 3 aromatic rings. The molecule has 1 fully saturated rings. The third-order valence-corrected chi connectivity index (χ3v) is 6.72. The van der Waals surface area contributed by atoms with Gasteiger partial charge in [0.15, 0.2) is 0 Å². The third kappa shape index (κ3) is 6.72. The van der Waals surface area contributed by atoms with E-state index in [-0.39, 0.29) is 17.9 Å². The molecule has 0 aromatic heterocycles. The summed E-state index contributed by atoms with van der Waals surface area (Å²) in [5.74, 6) is -0.768. The highest BCUT2D eigenvalue weighted by atomic mass is 35.5. The summed E-state index contributed by atoms with van der Waals surface area (Å²) in [5.41, 5.74) is 5.14. The summed E-state index contributed by atoms with van der Waals surface area (Å²) in [6.07, 6.45) is 0.958. The lowest BCUT2D eigenvalue weighted by atomic mass is 9.99. The van der Waals surface area contributed by atoms with Crippen LogP contribution in [0.25, 0.3) is 0 Å². The van der Waals surface area contributed by atoms with E-state index in [1.54, 1.807) is 12.1 Å². The van der Waals surface area contributed by atoms with Gasteiger partial charge in [-0.3, -0.25) is 9.69 Å². The fourth-order valence-corrected chi connectivity index (χ4v) is 4.63. The first-order valence-corrected chi connectivity index (χ1v) is 12.5. The van der Waals surface area contributed by atoms with E-state index in [0.29, 0.717) is 16.8 Å². The maximum atomic E-state index is 12.7. The average molecular weight is 507 g/mol. The van der Waals surface area contributed by atoms with Crippen molar-refractivity contribution in [3.05, 3.63) is 99.6 Å². The number of carbonyl (C=O) groups is 2. The van der Waals surface area contributed by atoms with Gasteiger partial charge >= 0.3 is 5.97 Å². The summed E-state index contributed by atoms with van der Waals surface area (Å²) in [6.45, 7) is 5.76. The lowest BCUT2D eigenvalue weighted by Crippen LogP contribution is -2.37. The zero-order chi connectivity index (χ0) is 25.5. The number of morpholine rings is 1. The molecule has 0 bridgehead atoms. The first-order chi connectivity index (χ1) is 17.4. The molecule has 4 rings (SSSR count). The van der Waals surface area contributed by atoms with Gasteiger partial charge in [0.05, 0.1) is 38.0 Å². The zero-order valence-electron chi connectivity index (χ0n) is 20.6. The molecule has 1 saturated heterocycles. The zero-order valence-corrected chi connectivity index (χ0v) is 21.4. The van der Waals surface area contributed by atoms with Crippen molar-refractivity contribution in [3.8, 4) is 0 Å². The molecule has 0 aliphatic carbocycles. The van der Waals surface area contributed by atoms with Crippen LogP contribution < -0.4 is 5.32 Å². The van der Waals surface area contributed by atoms with Crippen molar-refractivity contribution < 1.29 is 19.1 Å². The van der Waals surface area contributed by atoms with E-state index >= 15 is 0 Å². The van der Waals surface area contributed by atoms with Gasteiger partial charge in [-0.2, -0.15) is 0 Å². The number of nitrogens with zero attached hydrogens (tertiary/aromatic N) is 1. The number of methoxy groups -OCH3 is 1. The van der Waals surface area contributed by atoms with Crippen molar-refractivity contribution in [2.45, 2.75) is 25.8 Å². The Morgan fingerprint density at radius 3 is 2.44 bits per heavy atom. The number of amides is 1. The van der Waals surface area contributed by atoms with E-state index in [4.69, 9.17) is 21.1 Å². The van der Waals surface area contributed by atoms with E-state index in [2.05, 4.69) is 47.5 Å². The van der Waals surface area contributed by atoms with Crippen LogP contribution in [0.2, 0.25) is 5.02 Å². The molecule has 1 aliphatic heterocycles. The van der Waals surface area contributed by atoms with Gasteiger partial charge in [0.1, 0.15) is 0 Å². The number of hydrogen-bond acceptors (Lipinski definition) is 5. The Kier molecular flexibility index (Phi) is 8.75. The first kappa shape index (κ1) is 25.9. The molecular weight excluding hydrogens is 476 g/mol. The topological polar surface area (TPSA) is 67.9 Å². The molecule has 1 heterocycles. The van der Waals surface area contributed by atoms with Gasteiger partial charge in [0.2, 0.25) is 5.91 Å². The fourth-order valence-electron chi connectivity index (χ4n) is 4.46. The molecule has 36 heavy (non-hydrogen) atoms. The molecule has 1 unspecified atom stereocenters. The van der Waals surface area contributed by atoms with E-state index in [1.807, 2.05) is 18.2 Å². The fraction of sp³-hybridized carbons (Fsp3) is 0.310. The largest absolute Gasteiger partial charge is 0.465 e. The van der Waals surface area contributed by atoms with Crippen LogP contribution in [0.5, 0.6) is 0 Å². The SMILES string of the molecule is COC(=O)c1ccc(Cl)cc1NC(=O)Cc1cccc(Cc2ccc(C(C)N3CCOCC3)cc2)c1. The number of carbonyl (C=O) groups excluding carboxylic acids is 2. The second-order valence-corrected chi connectivity index (χ2v) is 9.41. The highest BCUT2D eigenvalue weighted by molar-refractivity contribution is 6.31. The van der Waals surface area contributed by atoms with Crippen molar-refractivity contribution in [2.75, 3.05) is 38.7 Å². The van der Waals surface area contributed by atoms with Gasteiger partial charge in [0.25, 0.3) is 0 Å². The van der Waals surface area contributed by atoms with Crippen LogP contribution in [0.4, 0.5) is 5.69 Å². The summed E-state index contributed by atoms with van der Waals surface area (Å²) in [5, 5.41) is 3.21. The Balaban J connectivity index is 1.38. The first-order valence-electron chi connectivity index (χ1n) is 12.1. The summed E-state index contributed by atoms with van der Waals surface area (Å²) >= 11 is 6.06. The van der Waals surface area contributed by atoms with E-state index in [1.165, 1.54) is 24.3 Å². The van der Waals surface area contributed by atoms with E-state index in [9.17, 15) is 9.59 Å². The smallest absolute Gasteiger partial charge is 0.339 e. The van der Waals surface area contributed by atoms with Gasteiger partial charge in [-0.1, -0.05) is 60.1 Å². The molecule has 0 saturated carbocycles. The standard InChI is InChI=1S/C29H31ClN2O4/c1-20(32-12-14-36-15-13-32)24-8-6-21(7-9-24)16-22-4-3-5-23(17-22)18-28(33)31-27-19-25(30)10-11-26(27)29(34)35-2/h3-11,17,19-20H,12-16,18H2,1-2H3,(H,31,33). The molecule has 3 aromatic carbocycles. The van der Waals surface area contributed by atoms with Gasteiger partial charge in [-0.25, -0.2) is 4.79 Å². The van der Waals surface area contributed by atoms with Crippen LogP contribution in [-0.4, -0.2) is 50.2 Å². The summed E-state index contributed by atoms with van der Waals surface area (Å²) < 4.78 is 10.3. The Hall–Kier alpha value is -3.19. The second-order valence-electron chi connectivity index (χ2n) is 8.97. The summed E-state index contributed by atoms with van der Waals surface area (Å²) in [6, 6.07) is 21.8. The minimum atomic E-state index is -0.533. The highest BCUT2D eigenvalue weighted by Crippen LogP contribution is 2.24. The molecule has 1 atom stereocenters. The Morgan fingerprint density at radius 2 is 1.72 bits per heavy atom. The molecule has 188 valence electrons. The van der Waals surface area contributed by atoms with Gasteiger partial charge < -0.3 is 14.8 Å². The van der Waals surface area contributed by atoms with Crippen molar-refractivity contribution in [1.29, 1.82) is 0 Å². The Morgan fingerprint density at radius 1 is 1.00 bits per heavy atom. The van der Waals surface area contributed by atoms with E-state index in [0.717, 1.165) is 43.9 Å². The van der Waals surface area contributed by atoms with Gasteiger partial charge in [-0.15, -0.1) is 0 Å². The molecule has 1 amide bonds. The summed E-state index contributed by atoms with van der Waals surface area (Å²) in [4.78, 5) is 27.2. The predicted octanol–water partition coefficient (Wildman–Crippen LogP) is 5.29. The number of rotatable bonds is 8. The van der Waals surface area contributed by atoms with Crippen LogP contribution in [0, 0.1) is 0 Å². The third-order valence-electron chi connectivity index (χ3n) is 6.48. The monoisotopic (exact) mass is 506 g/mol. The molecule has 6 nitrogen and oxygen atoms in total. The molecular formula is C29H31ClN2O4. The van der Waals surface area contributed by atoms with Crippen LogP contribution in [0.1, 0.15) is 45.6 Å². The summed E-state index contributed by atoms with van der Waals surface area (Å²) in [7, 11) is 1.30.